The van der Waals surface area contributed by atoms with Crippen molar-refractivity contribution >= 4 is 35.6 Å². The number of hydrogen-bond acceptors (Lipinski definition) is 2. The lowest BCUT2D eigenvalue weighted by molar-refractivity contribution is 0.268. The highest BCUT2D eigenvalue weighted by atomic mass is 35.5. The minimum atomic E-state index is 0. The maximum Gasteiger partial charge on any atom is 0.120 e. The molecule has 5 heteroatoms. The van der Waals surface area contributed by atoms with Crippen LogP contribution >= 0.6 is 35.6 Å². The molecule has 1 aromatic rings. The third kappa shape index (κ3) is 4.85. The van der Waals surface area contributed by atoms with Gasteiger partial charge in [0, 0.05) is 12.1 Å². The summed E-state index contributed by atoms with van der Waals surface area (Å²) >= 11 is 11.8. The Morgan fingerprint density at radius 1 is 1.22 bits per heavy atom. The zero-order valence-electron chi connectivity index (χ0n) is 10.1. The molecule has 0 saturated carbocycles. The second kappa shape index (κ2) is 8.11. The van der Waals surface area contributed by atoms with Gasteiger partial charge in [0.2, 0.25) is 0 Å². The average Bonchev–Trinajstić information content (AvgIpc) is 2.35. The van der Waals surface area contributed by atoms with Crippen LogP contribution in [0.15, 0.2) is 18.2 Å². The van der Waals surface area contributed by atoms with Crippen molar-refractivity contribution in [2.24, 2.45) is 0 Å². The van der Waals surface area contributed by atoms with E-state index in [1.54, 1.807) is 12.1 Å². The molecule has 1 N–H and O–H groups in total. The fraction of sp³-hybridized carbons (Fsp3) is 0.538. The summed E-state index contributed by atoms with van der Waals surface area (Å²) in [6, 6.07) is 5.98. The molecule has 1 unspecified atom stereocenters. The molecule has 18 heavy (non-hydrogen) atoms. The van der Waals surface area contributed by atoms with Gasteiger partial charge in [-0.25, -0.2) is 0 Å². The monoisotopic (exact) mass is 309 g/mol. The Kier molecular flexibility index (Phi) is 7.16. The largest absolute Gasteiger partial charge is 0.493 e. The van der Waals surface area contributed by atoms with Crippen molar-refractivity contribution in [3.63, 3.8) is 0 Å². The molecule has 2 rings (SSSR count). The van der Waals surface area contributed by atoms with Crippen LogP contribution in [0.5, 0.6) is 5.75 Å². The number of halogens is 3. The Morgan fingerprint density at radius 2 is 2.06 bits per heavy atom. The van der Waals surface area contributed by atoms with Crippen LogP contribution in [-0.4, -0.2) is 19.2 Å². The number of nitrogens with one attached hydrogen (secondary N) is 1. The molecule has 1 aromatic carbocycles. The van der Waals surface area contributed by atoms with Crippen LogP contribution in [0.3, 0.4) is 0 Å². The first-order chi connectivity index (χ1) is 8.25. The summed E-state index contributed by atoms with van der Waals surface area (Å²) in [5.74, 6) is 0.787. The van der Waals surface area contributed by atoms with E-state index in [1.165, 1.54) is 19.3 Å². The van der Waals surface area contributed by atoms with Crippen molar-refractivity contribution in [2.45, 2.75) is 31.7 Å². The number of ether oxygens (including phenoxy) is 1. The molecule has 1 aliphatic heterocycles. The Bertz CT molecular complexity index is 367. The van der Waals surface area contributed by atoms with Gasteiger partial charge in [0.1, 0.15) is 5.75 Å². The Balaban J connectivity index is 0.00000162. The molecule has 0 amide bonds. The number of rotatable bonds is 4. The number of benzene rings is 1. The standard InChI is InChI=1S/C13H17Cl2NO.ClH/c14-12-5-4-11(9-13(12)15)17-8-6-10-3-1-2-7-16-10;/h4-5,9-10,16H,1-3,6-8H2;1H. The summed E-state index contributed by atoms with van der Waals surface area (Å²) in [6.07, 6.45) is 4.92. The third-order valence-electron chi connectivity index (χ3n) is 3.04. The maximum absolute atomic E-state index is 5.92. The first-order valence-electron chi connectivity index (χ1n) is 6.07. The SMILES string of the molecule is Cl.Clc1ccc(OCCC2CCCCN2)cc1Cl. The molecular formula is C13H18Cl3NO. The van der Waals surface area contributed by atoms with E-state index >= 15 is 0 Å². The molecule has 1 fully saturated rings. The van der Waals surface area contributed by atoms with Crippen LogP contribution in [0, 0.1) is 0 Å². The highest BCUT2D eigenvalue weighted by molar-refractivity contribution is 6.42. The van der Waals surface area contributed by atoms with Crippen molar-refractivity contribution in [1.82, 2.24) is 5.32 Å². The molecule has 1 aliphatic rings. The summed E-state index contributed by atoms with van der Waals surface area (Å²) in [5, 5.41) is 4.60. The molecule has 0 aliphatic carbocycles. The van der Waals surface area contributed by atoms with Crippen LogP contribution < -0.4 is 10.1 Å². The average molecular weight is 311 g/mol. The third-order valence-corrected chi connectivity index (χ3v) is 3.78. The molecule has 0 aromatic heterocycles. The van der Waals surface area contributed by atoms with E-state index in [-0.39, 0.29) is 12.4 Å². The normalized spacial score (nSPS) is 19.1. The summed E-state index contributed by atoms with van der Waals surface area (Å²) in [7, 11) is 0. The van der Waals surface area contributed by atoms with E-state index in [0.717, 1.165) is 25.3 Å². The summed E-state index contributed by atoms with van der Waals surface area (Å²) in [6.45, 7) is 1.85. The van der Waals surface area contributed by atoms with Gasteiger partial charge in [0.25, 0.3) is 0 Å². The van der Waals surface area contributed by atoms with Gasteiger partial charge in [-0.15, -0.1) is 12.4 Å². The van der Waals surface area contributed by atoms with E-state index in [2.05, 4.69) is 5.32 Å². The Hall–Kier alpha value is -0.150. The zero-order valence-corrected chi connectivity index (χ0v) is 12.5. The molecule has 0 radical (unpaired) electrons. The molecule has 0 bridgehead atoms. The lowest BCUT2D eigenvalue weighted by Crippen LogP contribution is -2.35. The van der Waals surface area contributed by atoms with Gasteiger partial charge in [-0.3, -0.25) is 0 Å². The van der Waals surface area contributed by atoms with Crippen LogP contribution in [0.2, 0.25) is 10.0 Å². The van der Waals surface area contributed by atoms with E-state index < -0.39 is 0 Å². The van der Waals surface area contributed by atoms with E-state index in [0.29, 0.717) is 16.1 Å². The van der Waals surface area contributed by atoms with Gasteiger partial charge < -0.3 is 10.1 Å². The van der Waals surface area contributed by atoms with Crippen molar-refractivity contribution in [2.75, 3.05) is 13.2 Å². The van der Waals surface area contributed by atoms with E-state index in [4.69, 9.17) is 27.9 Å². The molecule has 1 heterocycles. The van der Waals surface area contributed by atoms with Crippen molar-refractivity contribution in [3.8, 4) is 5.75 Å². The van der Waals surface area contributed by atoms with Gasteiger partial charge in [-0.05, 0) is 37.9 Å². The summed E-state index contributed by atoms with van der Waals surface area (Å²) < 4.78 is 5.66. The second-order valence-corrected chi connectivity index (χ2v) is 5.17. The Morgan fingerprint density at radius 3 is 2.72 bits per heavy atom. The topological polar surface area (TPSA) is 21.3 Å². The molecule has 102 valence electrons. The molecular weight excluding hydrogens is 293 g/mol. The number of hydrogen-bond donors (Lipinski definition) is 1. The van der Waals surface area contributed by atoms with Crippen LogP contribution in [0.4, 0.5) is 0 Å². The smallest absolute Gasteiger partial charge is 0.120 e. The Labute approximate surface area is 124 Å². The van der Waals surface area contributed by atoms with Gasteiger partial charge in [-0.1, -0.05) is 29.6 Å². The van der Waals surface area contributed by atoms with Crippen molar-refractivity contribution in [3.05, 3.63) is 28.2 Å². The van der Waals surface area contributed by atoms with Gasteiger partial charge in [0.15, 0.2) is 0 Å². The van der Waals surface area contributed by atoms with Crippen molar-refractivity contribution in [1.29, 1.82) is 0 Å². The number of piperidine rings is 1. The first-order valence-corrected chi connectivity index (χ1v) is 6.82. The van der Waals surface area contributed by atoms with Crippen LogP contribution in [0.1, 0.15) is 25.7 Å². The highest BCUT2D eigenvalue weighted by Crippen LogP contribution is 2.26. The minimum absolute atomic E-state index is 0. The lowest BCUT2D eigenvalue weighted by Gasteiger charge is -2.23. The summed E-state index contributed by atoms with van der Waals surface area (Å²) in [5.41, 5.74) is 0. The lowest BCUT2D eigenvalue weighted by atomic mass is 10.0. The first kappa shape index (κ1) is 15.9. The predicted molar refractivity (Wildman–Crippen MR) is 79.5 cm³/mol. The fourth-order valence-corrected chi connectivity index (χ4v) is 2.34. The molecule has 2 nitrogen and oxygen atoms in total. The predicted octanol–water partition coefficient (Wildman–Crippen LogP) is 4.33. The van der Waals surface area contributed by atoms with Crippen LogP contribution in [-0.2, 0) is 0 Å². The minimum Gasteiger partial charge on any atom is -0.493 e. The van der Waals surface area contributed by atoms with Gasteiger partial charge in [0.05, 0.1) is 16.7 Å². The molecule has 1 atom stereocenters. The van der Waals surface area contributed by atoms with Crippen LogP contribution in [0.25, 0.3) is 0 Å². The van der Waals surface area contributed by atoms with Gasteiger partial charge >= 0.3 is 0 Å². The van der Waals surface area contributed by atoms with E-state index in [9.17, 15) is 0 Å². The van der Waals surface area contributed by atoms with Crippen molar-refractivity contribution < 1.29 is 4.74 Å². The van der Waals surface area contributed by atoms with E-state index in [1.807, 2.05) is 6.07 Å². The highest BCUT2D eigenvalue weighted by Gasteiger charge is 2.12. The molecule has 0 spiro atoms. The quantitative estimate of drug-likeness (QED) is 0.894. The second-order valence-electron chi connectivity index (χ2n) is 4.36. The van der Waals surface area contributed by atoms with Gasteiger partial charge in [-0.2, -0.15) is 0 Å². The maximum atomic E-state index is 5.92. The zero-order chi connectivity index (χ0) is 12.1. The fourth-order valence-electron chi connectivity index (χ4n) is 2.06. The molecule has 1 saturated heterocycles. The summed E-state index contributed by atoms with van der Waals surface area (Å²) in [4.78, 5) is 0.